The zero-order valence-corrected chi connectivity index (χ0v) is 8.16. The molecule has 14 heavy (non-hydrogen) atoms. The van der Waals surface area contributed by atoms with Crippen molar-refractivity contribution in [1.82, 2.24) is 0 Å². The Morgan fingerprint density at radius 3 is 2.36 bits per heavy atom. The molecule has 0 spiro atoms. The van der Waals surface area contributed by atoms with E-state index < -0.39 is 0 Å². The monoisotopic (exact) mass is 194 g/mol. The average Bonchev–Trinajstić information content (AvgIpc) is 2.14. The Bertz CT molecular complexity index is 311. The topological polar surface area (TPSA) is 57.5 Å². The molecule has 0 bridgehead atoms. The highest BCUT2D eigenvalue weighted by atomic mass is 16.3. The van der Waals surface area contributed by atoms with Crippen molar-refractivity contribution in [3.63, 3.8) is 0 Å². The van der Waals surface area contributed by atoms with E-state index in [1.165, 1.54) is 18.2 Å². The lowest BCUT2D eigenvalue weighted by Crippen LogP contribution is -1.99. The number of phenols is 2. The van der Waals surface area contributed by atoms with E-state index in [1.54, 1.807) is 0 Å². The largest absolute Gasteiger partial charge is 0.507 e. The van der Waals surface area contributed by atoms with Crippen molar-refractivity contribution in [3.8, 4) is 11.5 Å². The number of aromatic hydroxyl groups is 2. The summed E-state index contributed by atoms with van der Waals surface area (Å²) in [7, 11) is 0. The summed E-state index contributed by atoms with van der Waals surface area (Å²) in [6.07, 6.45) is 2.05. The number of hydrogen-bond donors (Lipinski definition) is 2. The Labute approximate surface area is 83.0 Å². The van der Waals surface area contributed by atoms with E-state index in [0.29, 0.717) is 6.42 Å². The summed E-state index contributed by atoms with van der Waals surface area (Å²) in [4.78, 5) is 11.5. The molecule has 76 valence electrons. The zero-order chi connectivity index (χ0) is 10.6. The average molecular weight is 194 g/mol. The Balaban J connectivity index is 2.89. The van der Waals surface area contributed by atoms with Crippen LogP contribution in [0.3, 0.4) is 0 Å². The molecule has 0 saturated heterocycles. The van der Waals surface area contributed by atoms with E-state index in [-0.39, 0.29) is 22.8 Å². The molecule has 0 aliphatic rings. The molecule has 0 aliphatic carbocycles. The molecule has 2 N–H and O–H groups in total. The molecule has 3 nitrogen and oxygen atoms in total. The first-order valence-corrected chi connectivity index (χ1v) is 4.71. The lowest BCUT2D eigenvalue weighted by atomic mass is 10.0. The number of hydrogen-bond acceptors (Lipinski definition) is 3. The van der Waals surface area contributed by atoms with Crippen molar-refractivity contribution in [3.05, 3.63) is 23.8 Å². The van der Waals surface area contributed by atoms with Crippen molar-refractivity contribution in [2.45, 2.75) is 26.2 Å². The normalized spacial score (nSPS) is 10.1. The van der Waals surface area contributed by atoms with Crippen LogP contribution in [0.25, 0.3) is 0 Å². The first-order valence-electron chi connectivity index (χ1n) is 4.71. The number of carbonyl (C=O) groups excluding carboxylic acids is 1. The summed E-state index contributed by atoms with van der Waals surface area (Å²) in [6, 6.07) is 4.30. The van der Waals surface area contributed by atoms with Crippen LogP contribution in [-0.4, -0.2) is 16.0 Å². The van der Waals surface area contributed by atoms with Crippen LogP contribution in [0.1, 0.15) is 36.5 Å². The minimum Gasteiger partial charge on any atom is -0.507 e. The molecule has 0 fully saturated rings. The van der Waals surface area contributed by atoms with Crippen LogP contribution < -0.4 is 0 Å². The Hall–Kier alpha value is -1.51. The highest BCUT2D eigenvalue weighted by molar-refractivity contribution is 6.00. The fourth-order valence-electron chi connectivity index (χ4n) is 1.28. The molecular formula is C11H14O3. The van der Waals surface area contributed by atoms with Crippen molar-refractivity contribution in [2.24, 2.45) is 0 Å². The molecular weight excluding hydrogens is 180 g/mol. The molecule has 1 rings (SSSR count). The van der Waals surface area contributed by atoms with Crippen LogP contribution in [0.2, 0.25) is 0 Å². The van der Waals surface area contributed by atoms with Gasteiger partial charge in [-0.2, -0.15) is 0 Å². The van der Waals surface area contributed by atoms with Crippen LogP contribution in [0.15, 0.2) is 18.2 Å². The Morgan fingerprint density at radius 2 is 1.86 bits per heavy atom. The van der Waals surface area contributed by atoms with Gasteiger partial charge in [-0.3, -0.25) is 4.79 Å². The summed E-state index contributed by atoms with van der Waals surface area (Å²) < 4.78 is 0. The van der Waals surface area contributed by atoms with Gasteiger partial charge < -0.3 is 10.2 Å². The van der Waals surface area contributed by atoms with Gasteiger partial charge in [0, 0.05) is 6.42 Å². The van der Waals surface area contributed by atoms with E-state index in [2.05, 4.69) is 0 Å². The molecule has 0 saturated carbocycles. The predicted octanol–water partition coefficient (Wildman–Crippen LogP) is 2.47. The fourth-order valence-corrected chi connectivity index (χ4v) is 1.28. The maximum Gasteiger partial charge on any atom is 0.170 e. The zero-order valence-electron chi connectivity index (χ0n) is 8.16. The van der Waals surface area contributed by atoms with E-state index in [4.69, 9.17) is 0 Å². The van der Waals surface area contributed by atoms with Crippen LogP contribution in [-0.2, 0) is 0 Å². The molecule has 1 aromatic rings. The molecule has 0 unspecified atom stereocenters. The van der Waals surface area contributed by atoms with Crippen molar-refractivity contribution in [1.29, 1.82) is 0 Å². The van der Waals surface area contributed by atoms with E-state index in [1.807, 2.05) is 6.92 Å². The lowest BCUT2D eigenvalue weighted by Gasteiger charge is -2.04. The van der Waals surface area contributed by atoms with E-state index >= 15 is 0 Å². The van der Waals surface area contributed by atoms with Gasteiger partial charge >= 0.3 is 0 Å². The number of benzene rings is 1. The Morgan fingerprint density at radius 1 is 1.29 bits per heavy atom. The molecule has 0 aromatic heterocycles. The third kappa shape index (κ3) is 2.25. The molecule has 0 amide bonds. The molecule has 0 radical (unpaired) electrons. The summed E-state index contributed by atoms with van der Waals surface area (Å²) in [5.41, 5.74) is 0.0425. The summed E-state index contributed by atoms with van der Waals surface area (Å²) in [5.74, 6) is -0.500. The van der Waals surface area contributed by atoms with Crippen molar-refractivity contribution < 1.29 is 15.0 Å². The number of ketones is 1. The number of carbonyl (C=O) groups is 1. The third-order valence-electron chi connectivity index (χ3n) is 2.06. The van der Waals surface area contributed by atoms with Gasteiger partial charge in [0.05, 0.1) is 0 Å². The third-order valence-corrected chi connectivity index (χ3v) is 2.06. The van der Waals surface area contributed by atoms with Crippen molar-refractivity contribution >= 4 is 5.78 Å². The van der Waals surface area contributed by atoms with Crippen molar-refractivity contribution in [2.75, 3.05) is 0 Å². The fraction of sp³-hybridized carbons (Fsp3) is 0.364. The quantitative estimate of drug-likeness (QED) is 0.724. The maximum absolute atomic E-state index is 11.5. The van der Waals surface area contributed by atoms with Gasteiger partial charge in [-0.05, 0) is 18.6 Å². The van der Waals surface area contributed by atoms with Gasteiger partial charge in [-0.1, -0.05) is 19.4 Å². The minimum absolute atomic E-state index is 0.0425. The molecule has 3 heteroatoms. The maximum atomic E-state index is 11.5. The number of unbranched alkanes of at least 4 members (excludes halogenated alkanes) is 1. The van der Waals surface area contributed by atoms with Crippen LogP contribution in [0, 0.1) is 0 Å². The Kier molecular flexibility index (Phi) is 3.51. The van der Waals surface area contributed by atoms with Gasteiger partial charge in [0.25, 0.3) is 0 Å². The van der Waals surface area contributed by atoms with Gasteiger partial charge in [-0.25, -0.2) is 0 Å². The highest BCUT2D eigenvalue weighted by Crippen LogP contribution is 2.27. The first kappa shape index (κ1) is 10.6. The number of phenolic OH excluding ortho intramolecular Hbond substituents is 2. The van der Waals surface area contributed by atoms with Gasteiger partial charge in [0.15, 0.2) is 5.78 Å². The second-order valence-electron chi connectivity index (χ2n) is 3.20. The summed E-state index contributed by atoms with van der Waals surface area (Å²) in [6.45, 7) is 1.98. The minimum atomic E-state index is -0.206. The second kappa shape index (κ2) is 4.65. The summed E-state index contributed by atoms with van der Waals surface area (Å²) in [5, 5.41) is 18.8. The smallest absolute Gasteiger partial charge is 0.170 e. The molecule has 0 atom stereocenters. The molecule has 0 heterocycles. The standard InChI is InChI=1S/C11H14O3/c1-2-3-5-8(12)11-9(13)6-4-7-10(11)14/h4,6-7,13-14H,2-3,5H2,1H3. The number of Topliss-reactive ketones (excluding diaryl/α,β-unsaturated/α-hetero) is 1. The molecule has 1 aromatic carbocycles. The number of rotatable bonds is 4. The van der Waals surface area contributed by atoms with E-state index in [9.17, 15) is 15.0 Å². The summed E-state index contributed by atoms with van der Waals surface area (Å²) >= 11 is 0. The van der Waals surface area contributed by atoms with Crippen LogP contribution in [0.4, 0.5) is 0 Å². The first-order chi connectivity index (χ1) is 6.66. The second-order valence-corrected chi connectivity index (χ2v) is 3.20. The lowest BCUT2D eigenvalue weighted by molar-refractivity contribution is 0.0974. The predicted molar refractivity (Wildman–Crippen MR) is 53.6 cm³/mol. The SMILES string of the molecule is CCCCC(=O)c1c(O)cccc1O. The molecule has 0 aliphatic heterocycles. The van der Waals surface area contributed by atoms with Gasteiger partial charge in [-0.15, -0.1) is 0 Å². The highest BCUT2D eigenvalue weighted by Gasteiger charge is 2.14. The van der Waals surface area contributed by atoms with Gasteiger partial charge in [0.2, 0.25) is 0 Å². The van der Waals surface area contributed by atoms with Crippen LogP contribution in [0.5, 0.6) is 11.5 Å². The van der Waals surface area contributed by atoms with Gasteiger partial charge in [0.1, 0.15) is 17.1 Å². The van der Waals surface area contributed by atoms with Crippen LogP contribution >= 0.6 is 0 Å². The van der Waals surface area contributed by atoms with E-state index in [0.717, 1.165) is 12.8 Å².